The fourth-order valence-corrected chi connectivity index (χ4v) is 1.20. The highest BCUT2D eigenvalue weighted by Crippen LogP contribution is 2.31. The van der Waals surface area contributed by atoms with E-state index < -0.39 is 5.60 Å². The predicted molar refractivity (Wildman–Crippen MR) is 42.9 cm³/mol. The second kappa shape index (κ2) is 2.40. The van der Waals surface area contributed by atoms with Crippen LogP contribution in [0.1, 0.15) is 13.8 Å². The van der Waals surface area contributed by atoms with Crippen molar-refractivity contribution in [2.24, 2.45) is 5.92 Å². The molecule has 0 saturated heterocycles. The summed E-state index contributed by atoms with van der Waals surface area (Å²) in [7, 11) is 0. The lowest BCUT2D eigenvalue weighted by Crippen LogP contribution is -2.31. The Morgan fingerprint density at radius 3 is 2.70 bits per heavy atom. The van der Waals surface area contributed by atoms with Crippen LogP contribution in [-0.2, 0) is 0 Å². The Balaban J connectivity index is 2.89. The summed E-state index contributed by atoms with van der Waals surface area (Å²) in [6, 6.07) is 0. The van der Waals surface area contributed by atoms with Crippen LogP contribution in [0, 0.1) is 5.92 Å². The summed E-state index contributed by atoms with van der Waals surface area (Å²) >= 11 is 5.80. The normalized spacial score (nSPS) is 39.6. The zero-order valence-electron chi connectivity index (χ0n) is 6.13. The van der Waals surface area contributed by atoms with Crippen molar-refractivity contribution in [2.45, 2.75) is 19.4 Å². The average molecular weight is 159 g/mol. The molecule has 1 N–H and O–H groups in total. The van der Waals surface area contributed by atoms with Crippen molar-refractivity contribution in [3.05, 3.63) is 23.3 Å². The van der Waals surface area contributed by atoms with Crippen LogP contribution in [0.25, 0.3) is 0 Å². The molecule has 0 aliphatic heterocycles. The van der Waals surface area contributed by atoms with Gasteiger partial charge in [-0.15, -0.1) is 0 Å². The Morgan fingerprint density at radius 2 is 2.30 bits per heavy atom. The van der Waals surface area contributed by atoms with Gasteiger partial charge in [0.15, 0.2) is 0 Å². The van der Waals surface area contributed by atoms with Crippen molar-refractivity contribution in [1.82, 2.24) is 0 Å². The number of aliphatic hydroxyl groups is 1. The van der Waals surface area contributed by atoms with Gasteiger partial charge in [0.05, 0.1) is 5.60 Å². The first kappa shape index (κ1) is 7.83. The molecule has 0 spiro atoms. The van der Waals surface area contributed by atoms with Gasteiger partial charge in [-0.05, 0) is 13.0 Å². The lowest BCUT2D eigenvalue weighted by Gasteiger charge is -2.28. The highest BCUT2D eigenvalue weighted by Gasteiger charge is 2.29. The molecular formula is C8H11ClO. The Kier molecular flexibility index (Phi) is 1.88. The fourth-order valence-electron chi connectivity index (χ4n) is 0.903. The quantitative estimate of drug-likeness (QED) is 0.572. The van der Waals surface area contributed by atoms with Crippen LogP contribution in [0.4, 0.5) is 0 Å². The van der Waals surface area contributed by atoms with Gasteiger partial charge < -0.3 is 5.11 Å². The largest absolute Gasteiger partial charge is 0.385 e. The number of hydrogen-bond donors (Lipinski definition) is 1. The van der Waals surface area contributed by atoms with Crippen LogP contribution in [0.3, 0.4) is 0 Å². The third kappa shape index (κ3) is 1.25. The van der Waals surface area contributed by atoms with Crippen molar-refractivity contribution < 1.29 is 5.11 Å². The van der Waals surface area contributed by atoms with Crippen LogP contribution in [0.15, 0.2) is 23.3 Å². The first-order valence-corrected chi connectivity index (χ1v) is 3.69. The molecular weight excluding hydrogens is 148 g/mol. The molecule has 1 nitrogen and oxygen atoms in total. The third-order valence-corrected chi connectivity index (χ3v) is 2.43. The summed E-state index contributed by atoms with van der Waals surface area (Å²) in [5.41, 5.74) is -0.772. The number of allylic oxidation sites excluding steroid dienone is 2. The zero-order chi connectivity index (χ0) is 7.78. The van der Waals surface area contributed by atoms with E-state index in [0.717, 1.165) is 0 Å². The SMILES string of the molecule is CC1C(Cl)=CC=CC1(C)O. The predicted octanol–water partition coefficient (Wildman–Crippen LogP) is 2.07. The molecule has 10 heavy (non-hydrogen) atoms. The molecule has 0 fully saturated rings. The summed E-state index contributed by atoms with van der Waals surface area (Å²) in [6.07, 6.45) is 5.34. The molecule has 0 saturated carbocycles. The number of halogens is 1. The van der Waals surface area contributed by atoms with Crippen LogP contribution in [0.2, 0.25) is 0 Å². The maximum atomic E-state index is 9.60. The lowest BCUT2D eigenvalue weighted by molar-refractivity contribution is 0.0711. The number of hydrogen-bond acceptors (Lipinski definition) is 1. The third-order valence-electron chi connectivity index (χ3n) is 1.98. The van der Waals surface area contributed by atoms with E-state index >= 15 is 0 Å². The Hall–Kier alpha value is -0.270. The van der Waals surface area contributed by atoms with Gasteiger partial charge in [-0.1, -0.05) is 30.7 Å². The van der Waals surface area contributed by atoms with Crippen molar-refractivity contribution in [2.75, 3.05) is 0 Å². The summed E-state index contributed by atoms with van der Waals surface area (Å²) in [5, 5.41) is 10.3. The summed E-state index contributed by atoms with van der Waals surface area (Å²) in [5.74, 6) is 0.0131. The molecule has 0 aromatic carbocycles. The molecule has 0 amide bonds. The molecule has 0 aromatic heterocycles. The van der Waals surface area contributed by atoms with E-state index in [1.165, 1.54) is 0 Å². The topological polar surface area (TPSA) is 20.2 Å². The Labute approximate surface area is 66.0 Å². The van der Waals surface area contributed by atoms with E-state index in [9.17, 15) is 5.11 Å². The molecule has 0 bridgehead atoms. The van der Waals surface area contributed by atoms with E-state index in [4.69, 9.17) is 11.6 Å². The van der Waals surface area contributed by atoms with Gasteiger partial charge >= 0.3 is 0 Å². The molecule has 0 heterocycles. The van der Waals surface area contributed by atoms with Crippen molar-refractivity contribution in [3.63, 3.8) is 0 Å². The van der Waals surface area contributed by atoms with E-state index in [1.807, 2.05) is 13.0 Å². The summed E-state index contributed by atoms with van der Waals surface area (Å²) in [6.45, 7) is 3.66. The van der Waals surface area contributed by atoms with E-state index in [0.29, 0.717) is 5.03 Å². The molecule has 56 valence electrons. The van der Waals surface area contributed by atoms with Gasteiger partial charge in [0.25, 0.3) is 0 Å². The zero-order valence-corrected chi connectivity index (χ0v) is 6.89. The van der Waals surface area contributed by atoms with Crippen molar-refractivity contribution in [1.29, 1.82) is 0 Å². The molecule has 1 aliphatic rings. The molecule has 0 aromatic rings. The van der Waals surface area contributed by atoms with E-state index in [2.05, 4.69) is 0 Å². The van der Waals surface area contributed by atoms with Crippen LogP contribution in [-0.4, -0.2) is 10.7 Å². The minimum atomic E-state index is -0.772. The maximum Gasteiger partial charge on any atom is 0.0876 e. The monoisotopic (exact) mass is 158 g/mol. The maximum absolute atomic E-state index is 9.60. The minimum absolute atomic E-state index is 0.0131. The lowest BCUT2D eigenvalue weighted by atomic mass is 9.87. The van der Waals surface area contributed by atoms with Crippen molar-refractivity contribution >= 4 is 11.6 Å². The van der Waals surface area contributed by atoms with Gasteiger partial charge in [-0.25, -0.2) is 0 Å². The minimum Gasteiger partial charge on any atom is -0.385 e. The molecule has 0 radical (unpaired) electrons. The fraction of sp³-hybridized carbons (Fsp3) is 0.500. The average Bonchev–Trinajstić information content (AvgIpc) is 1.83. The van der Waals surface area contributed by atoms with E-state index in [1.54, 1.807) is 19.1 Å². The molecule has 2 heteroatoms. The molecule has 2 atom stereocenters. The first-order chi connectivity index (χ1) is 4.54. The Morgan fingerprint density at radius 1 is 1.70 bits per heavy atom. The standard InChI is InChI=1S/C8H11ClO/c1-6-7(9)4-3-5-8(6,2)10/h3-6,10H,1-2H3. The van der Waals surface area contributed by atoms with Crippen LogP contribution in [0.5, 0.6) is 0 Å². The molecule has 1 rings (SSSR count). The second-order valence-electron chi connectivity index (χ2n) is 2.86. The van der Waals surface area contributed by atoms with Gasteiger partial charge in [0, 0.05) is 11.0 Å². The Bertz CT molecular complexity index is 191. The highest BCUT2D eigenvalue weighted by atomic mass is 35.5. The first-order valence-electron chi connectivity index (χ1n) is 3.31. The van der Waals surface area contributed by atoms with Crippen molar-refractivity contribution in [3.8, 4) is 0 Å². The van der Waals surface area contributed by atoms with Gasteiger partial charge in [0.2, 0.25) is 0 Å². The van der Waals surface area contributed by atoms with E-state index in [-0.39, 0.29) is 5.92 Å². The van der Waals surface area contributed by atoms with Gasteiger partial charge in [-0.3, -0.25) is 0 Å². The summed E-state index contributed by atoms with van der Waals surface area (Å²) in [4.78, 5) is 0. The second-order valence-corrected chi connectivity index (χ2v) is 3.29. The highest BCUT2D eigenvalue weighted by molar-refractivity contribution is 6.30. The molecule has 1 aliphatic carbocycles. The number of rotatable bonds is 0. The van der Waals surface area contributed by atoms with Crippen LogP contribution >= 0.6 is 11.6 Å². The van der Waals surface area contributed by atoms with Gasteiger partial charge in [0.1, 0.15) is 0 Å². The van der Waals surface area contributed by atoms with Crippen LogP contribution < -0.4 is 0 Å². The molecule has 2 unspecified atom stereocenters. The van der Waals surface area contributed by atoms with Gasteiger partial charge in [-0.2, -0.15) is 0 Å². The summed E-state index contributed by atoms with van der Waals surface area (Å²) < 4.78 is 0. The smallest absolute Gasteiger partial charge is 0.0876 e.